The molecule has 1 N–H and O–H groups in total. The van der Waals surface area contributed by atoms with Crippen LogP contribution < -0.4 is 0 Å². The van der Waals surface area contributed by atoms with Gasteiger partial charge in [-0.15, -0.1) is 0 Å². The normalized spacial score (nSPS) is 12.2. The summed E-state index contributed by atoms with van der Waals surface area (Å²) in [7, 11) is 0. The first-order valence-corrected chi connectivity index (χ1v) is 10.3. The fraction of sp³-hybridized carbons (Fsp3) is 0.160. The molecule has 0 aliphatic carbocycles. The van der Waals surface area contributed by atoms with Crippen molar-refractivity contribution in [2.24, 2.45) is 0 Å². The van der Waals surface area contributed by atoms with Crippen LogP contribution in [0.3, 0.4) is 0 Å². The maximum absolute atomic E-state index is 13.4. The first-order chi connectivity index (χ1) is 15.0. The second-order valence-corrected chi connectivity index (χ2v) is 8.40. The van der Waals surface area contributed by atoms with Gasteiger partial charge in [-0.2, -0.15) is 18.3 Å². The number of aromatic nitrogens is 2. The number of para-hydroxylation sites is 1. The Morgan fingerprint density at radius 3 is 2.09 bits per heavy atom. The van der Waals surface area contributed by atoms with Crippen molar-refractivity contribution in [2.45, 2.75) is 25.6 Å². The average Bonchev–Trinajstić information content (AvgIpc) is 3.19. The van der Waals surface area contributed by atoms with Gasteiger partial charge in [0, 0.05) is 5.56 Å². The van der Waals surface area contributed by atoms with E-state index >= 15 is 0 Å². The molecule has 1 aromatic heterocycles. The van der Waals surface area contributed by atoms with E-state index in [0.29, 0.717) is 16.3 Å². The van der Waals surface area contributed by atoms with E-state index in [1.165, 1.54) is 4.68 Å². The van der Waals surface area contributed by atoms with Crippen LogP contribution in [0.25, 0.3) is 28.1 Å². The Labute approximate surface area is 188 Å². The van der Waals surface area contributed by atoms with E-state index in [1.54, 1.807) is 50.2 Å². The maximum atomic E-state index is 13.4. The van der Waals surface area contributed by atoms with Gasteiger partial charge < -0.3 is 5.11 Å². The van der Waals surface area contributed by atoms with E-state index < -0.39 is 17.5 Å². The van der Waals surface area contributed by atoms with Crippen LogP contribution in [0.2, 0.25) is 5.02 Å². The Morgan fingerprint density at radius 2 is 1.47 bits per heavy atom. The molecule has 0 saturated carbocycles. The number of halogens is 4. The molecule has 32 heavy (non-hydrogen) atoms. The molecule has 0 spiro atoms. The van der Waals surface area contributed by atoms with Gasteiger partial charge in [0.25, 0.3) is 0 Å². The smallest absolute Gasteiger partial charge is 0.386 e. The quantitative estimate of drug-likeness (QED) is 0.355. The zero-order chi connectivity index (χ0) is 23.1. The zero-order valence-electron chi connectivity index (χ0n) is 17.4. The summed E-state index contributed by atoms with van der Waals surface area (Å²) in [6.45, 7) is 3.42. The van der Waals surface area contributed by atoms with Gasteiger partial charge in [0.2, 0.25) is 0 Å². The van der Waals surface area contributed by atoms with Crippen LogP contribution in [0.5, 0.6) is 0 Å². The topological polar surface area (TPSA) is 38.1 Å². The molecule has 0 saturated heterocycles. The van der Waals surface area contributed by atoms with Crippen molar-refractivity contribution in [3.8, 4) is 28.1 Å². The van der Waals surface area contributed by atoms with Crippen molar-refractivity contribution < 1.29 is 18.3 Å². The Kier molecular flexibility index (Phi) is 5.61. The number of benzene rings is 3. The predicted molar refractivity (Wildman–Crippen MR) is 120 cm³/mol. The van der Waals surface area contributed by atoms with Crippen molar-refractivity contribution in [3.05, 3.63) is 95.1 Å². The molecule has 164 valence electrons. The minimum atomic E-state index is -4.58. The fourth-order valence-electron chi connectivity index (χ4n) is 3.45. The molecule has 3 nitrogen and oxygen atoms in total. The van der Waals surface area contributed by atoms with Crippen molar-refractivity contribution in [1.82, 2.24) is 9.78 Å². The van der Waals surface area contributed by atoms with Crippen LogP contribution in [0.4, 0.5) is 13.2 Å². The van der Waals surface area contributed by atoms with Crippen LogP contribution in [-0.2, 0) is 11.8 Å². The van der Waals surface area contributed by atoms with E-state index in [1.807, 2.05) is 36.4 Å². The van der Waals surface area contributed by atoms with Crippen molar-refractivity contribution in [2.75, 3.05) is 0 Å². The van der Waals surface area contributed by atoms with E-state index in [0.717, 1.165) is 22.8 Å². The third-order valence-corrected chi connectivity index (χ3v) is 5.48. The number of nitrogens with zero attached hydrogens (tertiary/aromatic N) is 2. The Balaban J connectivity index is 1.78. The fourth-order valence-corrected chi connectivity index (χ4v) is 3.66. The van der Waals surface area contributed by atoms with Gasteiger partial charge in [-0.3, -0.25) is 0 Å². The zero-order valence-corrected chi connectivity index (χ0v) is 18.1. The lowest BCUT2D eigenvalue weighted by atomic mass is 9.94. The molecule has 4 rings (SSSR count). The molecular formula is C25H20ClF3N2O. The largest absolute Gasteiger partial charge is 0.435 e. The van der Waals surface area contributed by atoms with Gasteiger partial charge in [0.05, 0.1) is 22.0 Å². The molecule has 0 unspecified atom stereocenters. The van der Waals surface area contributed by atoms with Crippen LogP contribution in [0, 0.1) is 0 Å². The summed E-state index contributed by atoms with van der Waals surface area (Å²) < 4.78 is 41.4. The number of aliphatic hydroxyl groups is 1. The highest BCUT2D eigenvalue weighted by molar-refractivity contribution is 6.32. The SMILES string of the molecule is CC(C)(O)c1cccc(-c2ccc(-c3cc(C(F)(F)F)nn3-c3ccccc3Cl)cc2)c1. The highest BCUT2D eigenvalue weighted by Crippen LogP contribution is 2.35. The lowest BCUT2D eigenvalue weighted by molar-refractivity contribution is -0.141. The standard InChI is InChI=1S/C25H20ClF3N2O/c1-24(2,32)19-7-5-6-18(14-19)16-10-12-17(13-11-16)22-15-23(25(27,28)29)30-31(22)21-9-4-3-8-20(21)26/h3-15,32H,1-2H3. The number of hydrogen-bond donors (Lipinski definition) is 1. The Hall–Kier alpha value is -3.09. The third kappa shape index (κ3) is 4.42. The van der Waals surface area contributed by atoms with Gasteiger partial charge in [0.15, 0.2) is 5.69 Å². The summed E-state index contributed by atoms with van der Waals surface area (Å²) in [6.07, 6.45) is -4.58. The van der Waals surface area contributed by atoms with E-state index in [2.05, 4.69) is 5.10 Å². The molecule has 4 aromatic rings. The molecule has 0 aliphatic rings. The highest BCUT2D eigenvalue weighted by atomic mass is 35.5. The second-order valence-electron chi connectivity index (χ2n) is 7.99. The van der Waals surface area contributed by atoms with Crippen molar-refractivity contribution in [1.29, 1.82) is 0 Å². The average molecular weight is 457 g/mol. The minimum Gasteiger partial charge on any atom is -0.386 e. The second kappa shape index (κ2) is 8.11. The molecule has 1 heterocycles. The van der Waals surface area contributed by atoms with Crippen molar-refractivity contribution >= 4 is 11.6 Å². The lowest BCUT2D eigenvalue weighted by Gasteiger charge is -2.18. The van der Waals surface area contributed by atoms with Crippen LogP contribution in [-0.4, -0.2) is 14.9 Å². The minimum absolute atomic E-state index is 0.280. The molecule has 0 bridgehead atoms. The van der Waals surface area contributed by atoms with E-state index in [4.69, 9.17) is 11.6 Å². The Morgan fingerprint density at radius 1 is 0.812 bits per heavy atom. The van der Waals surface area contributed by atoms with Crippen molar-refractivity contribution in [3.63, 3.8) is 0 Å². The maximum Gasteiger partial charge on any atom is 0.435 e. The molecule has 0 fully saturated rings. The monoisotopic (exact) mass is 456 g/mol. The van der Waals surface area contributed by atoms with E-state index in [-0.39, 0.29) is 5.69 Å². The molecule has 0 aliphatic heterocycles. The van der Waals surface area contributed by atoms with Crippen LogP contribution in [0.15, 0.2) is 78.9 Å². The van der Waals surface area contributed by atoms with Gasteiger partial charge in [-0.05, 0) is 54.8 Å². The molecule has 3 aromatic carbocycles. The first kappa shape index (κ1) is 22.1. The molecule has 0 amide bonds. The number of alkyl halides is 3. The van der Waals surface area contributed by atoms with Gasteiger partial charge >= 0.3 is 6.18 Å². The number of hydrogen-bond acceptors (Lipinski definition) is 2. The summed E-state index contributed by atoms with van der Waals surface area (Å²) in [5, 5.41) is 14.4. The van der Waals surface area contributed by atoms with E-state index in [9.17, 15) is 18.3 Å². The van der Waals surface area contributed by atoms with Crippen LogP contribution in [0.1, 0.15) is 25.1 Å². The molecule has 0 radical (unpaired) electrons. The summed E-state index contributed by atoms with van der Waals surface area (Å²) in [6, 6.07) is 22.3. The Bertz CT molecular complexity index is 1260. The summed E-state index contributed by atoms with van der Waals surface area (Å²) in [4.78, 5) is 0. The predicted octanol–water partition coefficient (Wildman–Crippen LogP) is 7.11. The molecule has 0 atom stereocenters. The van der Waals surface area contributed by atoms with Gasteiger partial charge in [-0.25, -0.2) is 4.68 Å². The highest BCUT2D eigenvalue weighted by Gasteiger charge is 2.35. The molecule has 7 heteroatoms. The molecular weight excluding hydrogens is 437 g/mol. The van der Waals surface area contributed by atoms with Gasteiger partial charge in [0.1, 0.15) is 0 Å². The lowest BCUT2D eigenvalue weighted by Crippen LogP contribution is -2.15. The van der Waals surface area contributed by atoms with Crippen LogP contribution >= 0.6 is 11.6 Å². The first-order valence-electron chi connectivity index (χ1n) is 9.90. The number of rotatable bonds is 4. The van der Waals surface area contributed by atoms with Gasteiger partial charge in [-0.1, -0.05) is 66.2 Å². The summed E-state index contributed by atoms with van der Waals surface area (Å²) in [5.41, 5.74) is 1.77. The summed E-state index contributed by atoms with van der Waals surface area (Å²) in [5.74, 6) is 0. The summed E-state index contributed by atoms with van der Waals surface area (Å²) >= 11 is 6.24. The third-order valence-electron chi connectivity index (χ3n) is 5.16.